The standard InChI is InChI=1S/C21H17N5O/c1-2-7-16(8-3-1)15-27-20-11-6-12-25-13-17(22-21(20)25)14-26-19-10-5-4-9-18(19)23-24-26/h1-13H,14-15H2. The van der Waals surface area contributed by atoms with E-state index in [2.05, 4.69) is 10.3 Å². The van der Waals surface area contributed by atoms with Gasteiger partial charge in [-0.15, -0.1) is 5.10 Å². The van der Waals surface area contributed by atoms with E-state index in [1.165, 1.54) is 0 Å². The van der Waals surface area contributed by atoms with Gasteiger partial charge in [-0.05, 0) is 29.8 Å². The molecule has 0 fully saturated rings. The third kappa shape index (κ3) is 3.01. The number of nitrogens with zero attached hydrogens (tertiary/aromatic N) is 5. The van der Waals surface area contributed by atoms with Gasteiger partial charge in [-0.3, -0.25) is 0 Å². The predicted molar refractivity (Wildman–Crippen MR) is 103 cm³/mol. The summed E-state index contributed by atoms with van der Waals surface area (Å²) in [5.74, 6) is 0.760. The van der Waals surface area contributed by atoms with Crippen molar-refractivity contribution in [1.29, 1.82) is 0 Å². The summed E-state index contributed by atoms with van der Waals surface area (Å²) in [7, 11) is 0. The molecule has 0 saturated heterocycles. The van der Waals surface area contributed by atoms with Crippen LogP contribution >= 0.6 is 0 Å². The Bertz CT molecular complexity index is 1210. The molecule has 3 aromatic heterocycles. The van der Waals surface area contributed by atoms with Gasteiger partial charge in [0.15, 0.2) is 11.4 Å². The van der Waals surface area contributed by atoms with Crippen LogP contribution in [0.4, 0.5) is 0 Å². The fourth-order valence-electron chi connectivity index (χ4n) is 3.15. The monoisotopic (exact) mass is 355 g/mol. The molecule has 5 aromatic rings. The molecular formula is C21H17N5O. The van der Waals surface area contributed by atoms with E-state index in [1.807, 2.05) is 88.2 Å². The lowest BCUT2D eigenvalue weighted by Gasteiger charge is -2.07. The van der Waals surface area contributed by atoms with Crippen LogP contribution in [0.2, 0.25) is 0 Å². The Labute approximate surface area is 155 Å². The summed E-state index contributed by atoms with van der Waals surface area (Å²) in [6.07, 6.45) is 3.97. The molecule has 6 nitrogen and oxygen atoms in total. The number of fused-ring (bicyclic) bond motifs is 2. The van der Waals surface area contributed by atoms with E-state index in [0.29, 0.717) is 13.2 Å². The SMILES string of the molecule is c1ccc(COc2cccn3cc(Cn4nnc5ccccc54)nc23)cc1. The average Bonchev–Trinajstić information content (AvgIpc) is 3.32. The van der Waals surface area contributed by atoms with E-state index in [9.17, 15) is 0 Å². The van der Waals surface area contributed by atoms with Gasteiger partial charge < -0.3 is 9.14 Å². The van der Waals surface area contributed by atoms with Gasteiger partial charge in [0.1, 0.15) is 12.1 Å². The maximum absolute atomic E-state index is 6.01. The zero-order valence-electron chi connectivity index (χ0n) is 14.6. The fraction of sp³-hybridized carbons (Fsp3) is 0.0952. The number of rotatable bonds is 5. The Hall–Kier alpha value is -3.67. The summed E-state index contributed by atoms with van der Waals surface area (Å²) in [6.45, 7) is 1.07. The number of para-hydroxylation sites is 1. The van der Waals surface area contributed by atoms with Crippen LogP contribution in [0.5, 0.6) is 5.75 Å². The van der Waals surface area contributed by atoms with E-state index >= 15 is 0 Å². The van der Waals surface area contributed by atoms with E-state index in [4.69, 9.17) is 9.72 Å². The zero-order chi connectivity index (χ0) is 18.1. The Morgan fingerprint density at radius 3 is 2.67 bits per heavy atom. The molecule has 0 aliphatic heterocycles. The highest BCUT2D eigenvalue weighted by molar-refractivity contribution is 5.73. The van der Waals surface area contributed by atoms with Crippen LogP contribution in [0.15, 0.2) is 79.1 Å². The van der Waals surface area contributed by atoms with Crippen molar-refractivity contribution in [3.05, 3.63) is 90.4 Å². The number of imidazole rings is 1. The molecule has 6 heteroatoms. The third-order valence-corrected chi connectivity index (χ3v) is 4.47. The quantitative estimate of drug-likeness (QED) is 0.482. The van der Waals surface area contributed by atoms with Crippen LogP contribution in [0.25, 0.3) is 16.7 Å². The number of hydrogen-bond donors (Lipinski definition) is 0. The van der Waals surface area contributed by atoms with Gasteiger partial charge in [0.2, 0.25) is 0 Å². The van der Waals surface area contributed by atoms with Gasteiger partial charge in [0, 0.05) is 12.4 Å². The van der Waals surface area contributed by atoms with Crippen molar-refractivity contribution in [1.82, 2.24) is 24.4 Å². The van der Waals surface area contributed by atoms with Crippen LogP contribution < -0.4 is 4.74 Å². The van der Waals surface area contributed by atoms with Crippen LogP contribution in [-0.4, -0.2) is 24.4 Å². The molecule has 0 aliphatic rings. The number of benzene rings is 2. The lowest BCUT2D eigenvalue weighted by atomic mass is 10.2. The molecule has 5 rings (SSSR count). The summed E-state index contributed by atoms with van der Waals surface area (Å²) < 4.78 is 9.85. The first-order valence-corrected chi connectivity index (χ1v) is 8.78. The molecule has 27 heavy (non-hydrogen) atoms. The third-order valence-electron chi connectivity index (χ3n) is 4.47. The Kier molecular flexibility index (Phi) is 3.79. The minimum absolute atomic E-state index is 0.510. The van der Waals surface area contributed by atoms with Crippen molar-refractivity contribution in [3.63, 3.8) is 0 Å². The molecule has 0 N–H and O–H groups in total. The Balaban J connectivity index is 1.43. The first kappa shape index (κ1) is 15.6. The highest BCUT2D eigenvalue weighted by Gasteiger charge is 2.10. The number of aromatic nitrogens is 5. The molecule has 0 atom stereocenters. The zero-order valence-corrected chi connectivity index (χ0v) is 14.6. The van der Waals surface area contributed by atoms with Crippen molar-refractivity contribution in [2.45, 2.75) is 13.2 Å². The summed E-state index contributed by atoms with van der Waals surface area (Å²) in [5, 5.41) is 8.45. The van der Waals surface area contributed by atoms with Gasteiger partial charge in [0.25, 0.3) is 0 Å². The van der Waals surface area contributed by atoms with Crippen LogP contribution in [0.1, 0.15) is 11.3 Å². The van der Waals surface area contributed by atoms with E-state index in [-0.39, 0.29) is 0 Å². The molecule has 0 radical (unpaired) electrons. The van der Waals surface area contributed by atoms with Crippen molar-refractivity contribution in [2.75, 3.05) is 0 Å². The molecule has 0 unspecified atom stereocenters. The Morgan fingerprint density at radius 1 is 0.889 bits per heavy atom. The van der Waals surface area contributed by atoms with E-state index in [0.717, 1.165) is 33.7 Å². The molecule has 0 amide bonds. The van der Waals surface area contributed by atoms with E-state index < -0.39 is 0 Å². The maximum Gasteiger partial charge on any atom is 0.180 e. The topological polar surface area (TPSA) is 57.2 Å². The highest BCUT2D eigenvalue weighted by Crippen LogP contribution is 2.21. The predicted octanol–water partition coefficient (Wildman–Crippen LogP) is 3.71. The molecule has 0 bridgehead atoms. The smallest absolute Gasteiger partial charge is 0.180 e. The lowest BCUT2D eigenvalue weighted by Crippen LogP contribution is -2.02. The second-order valence-corrected chi connectivity index (χ2v) is 6.35. The first-order valence-electron chi connectivity index (χ1n) is 8.78. The minimum Gasteiger partial charge on any atom is -0.485 e. The van der Waals surface area contributed by atoms with E-state index in [1.54, 1.807) is 0 Å². The molecule has 0 spiro atoms. The molecule has 0 aliphatic carbocycles. The molecule has 132 valence electrons. The minimum atomic E-state index is 0.510. The maximum atomic E-state index is 6.01. The summed E-state index contributed by atoms with van der Waals surface area (Å²) in [4.78, 5) is 4.76. The number of ether oxygens (including phenoxy) is 1. The normalized spacial score (nSPS) is 11.3. The van der Waals surface area contributed by atoms with Crippen LogP contribution in [0.3, 0.4) is 0 Å². The Morgan fingerprint density at radius 2 is 1.74 bits per heavy atom. The second-order valence-electron chi connectivity index (χ2n) is 6.35. The fourth-order valence-corrected chi connectivity index (χ4v) is 3.15. The lowest BCUT2D eigenvalue weighted by molar-refractivity contribution is 0.308. The largest absolute Gasteiger partial charge is 0.485 e. The van der Waals surface area contributed by atoms with Crippen molar-refractivity contribution < 1.29 is 4.74 Å². The molecule has 3 heterocycles. The van der Waals surface area contributed by atoms with Crippen molar-refractivity contribution >= 4 is 16.7 Å². The van der Waals surface area contributed by atoms with Crippen molar-refractivity contribution in [3.8, 4) is 5.75 Å². The van der Waals surface area contributed by atoms with Gasteiger partial charge in [-0.2, -0.15) is 0 Å². The summed E-state index contributed by atoms with van der Waals surface area (Å²) in [5.41, 5.74) is 4.71. The summed E-state index contributed by atoms with van der Waals surface area (Å²) in [6, 6.07) is 21.9. The first-order chi connectivity index (χ1) is 13.4. The molecule has 2 aromatic carbocycles. The average molecular weight is 355 g/mol. The van der Waals surface area contributed by atoms with Gasteiger partial charge in [-0.25, -0.2) is 9.67 Å². The van der Waals surface area contributed by atoms with Crippen LogP contribution in [-0.2, 0) is 13.2 Å². The van der Waals surface area contributed by atoms with Gasteiger partial charge in [-0.1, -0.05) is 47.7 Å². The number of pyridine rings is 1. The van der Waals surface area contributed by atoms with Gasteiger partial charge >= 0.3 is 0 Å². The number of hydrogen-bond acceptors (Lipinski definition) is 4. The van der Waals surface area contributed by atoms with Crippen molar-refractivity contribution in [2.24, 2.45) is 0 Å². The van der Waals surface area contributed by atoms with Gasteiger partial charge in [0.05, 0.1) is 17.8 Å². The van der Waals surface area contributed by atoms with Crippen LogP contribution in [0, 0.1) is 0 Å². The molecular weight excluding hydrogens is 338 g/mol. The second kappa shape index (κ2) is 6.57. The summed E-state index contributed by atoms with van der Waals surface area (Å²) >= 11 is 0. The molecule has 0 saturated carbocycles. The highest BCUT2D eigenvalue weighted by atomic mass is 16.5.